The van der Waals surface area contributed by atoms with E-state index in [1.165, 1.54) is 0 Å². The molecule has 1 N–H and O–H groups in total. The fraction of sp³-hybridized carbons (Fsp3) is 0.417. The van der Waals surface area contributed by atoms with Crippen LogP contribution < -0.4 is 5.32 Å². The number of nitrogens with one attached hydrogen (secondary N) is 1. The molecule has 0 spiro atoms. The summed E-state index contributed by atoms with van der Waals surface area (Å²) in [5.74, 6) is 0. The summed E-state index contributed by atoms with van der Waals surface area (Å²) >= 11 is 3.44. The monoisotopic (exact) mass is 282 g/mol. The van der Waals surface area contributed by atoms with Crippen LogP contribution in [0.5, 0.6) is 0 Å². The lowest BCUT2D eigenvalue weighted by Gasteiger charge is -2.24. The Labute approximate surface area is 105 Å². The number of nitriles is 1. The van der Waals surface area contributed by atoms with Crippen LogP contribution in [-0.2, 0) is 4.74 Å². The van der Waals surface area contributed by atoms with Gasteiger partial charge in [-0.05, 0) is 35.0 Å². The standard InChI is InChI=1S/C12H15BrN2O/c1-12(9-14,7-8-16-2)15-11-6-4-3-5-10(11)13/h3-6,15H,7-8H2,1-2H3. The summed E-state index contributed by atoms with van der Waals surface area (Å²) in [5, 5.41) is 12.4. The van der Waals surface area contributed by atoms with Gasteiger partial charge in [0.05, 0.1) is 6.07 Å². The van der Waals surface area contributed by atoms with E-state index in [1.807, 2.05) is 31.2 Å². The van der Waals surface area contributed by atoms with E-state index in [9.17, 15) is 5.26 Å². The maximum Gasteiger partial charge on any atom is 0.124 e. The van der Waals surface area contributed by atoms with Gasteiger partial charge in [0, 0.05) is 30.3 Å². The fourth-order valence-electron chi connectivity index (χ4n) is 1.31. The molecule has 86 valence electrons. The number of nitrogens with zero attached hydrogens (tertiary/aromatic N) is 1. The molecule has 0 fully saturated rings. The van der Waals surface area contributed by atoms with Crippen LogP contribution >= 0.6 is 15.9 Å². The summed E-state index contributed by atoms with van der Waals surface area (Å²) < 4.78 is 5.96. The van der Waals surface area contributed by atoms with Crippen LogP contribution in [0.2, 0.25) is 0 Å². The maximum absolute atomic E-state index is 9.18. The van der Waals surface area contributed by atoms with Gasteiger partial charge >= 0.3 is 0 Å². The maximum atomic E-state index is 9.18. The third kappa shape index (κ3) is 3.51. The summed E-state index contributed by atoms with van der Waals surface area (Å²) in [4.78, 5) is 0. The molecule has 0 radical (unpaired) electrons. The Morgan fingerprint density at radius 1 is 1.50 bits per heavy atom. The molecule has 1 aromatic rings. The molecule has 0 heterocycles. The molecule has 1 unspecified atom stereocenters. The molecular weight excluding hydrogens is 268 g/mol. The van der Waals surface area contributed by atoms with Crippen molar-refractivity contribution in [3.05, 3.63) is 28.7 Å². The Morgan fingerprint density at radius 2 is 2.19 bits per heavy atom. The molecular formula is C12H15BrN2O. The summed E-state index contributed by atoms with van der Waals surface area (Å²) in [6.45, 7) is 2.42. The second kappa shape index (κ2) is 5.88. The predicted molar refractivity (Wildman–Crippen MR) is 68.3 cm³/mol. The lowest BCUT2D eigenvalue weighted by molar-refractivity contribution is 0.184. The fourth-order valence-corrected chi connectivity index (χ4v) is 1.70. The van der Waals surface area contributed by atoms with E-state index in [0.717, 1.165) is 10.2 Å². The first-order valence-electron chi connectivity index (χ1n) is 5.04. The first-order valence-corrected chi connectivity index (χ1v) is 5.83. The van der Waals surface area contributed by atoms with Gasteiger partial charge in [-0.25, -0.2) is 0 Å². The smallest absolute Gasteiger partial charge is 0.124 e. The molecule has 0 saturated heterocycles. The van der Waals surface area contributed by atoms with E-state index in [-0.39, 0.29) is 0 Å². The number of benzene rings is 1. The predicted octanol–water partition coefficient (Wildman–Crippen LogP) is 3.18. The number of para-hydroxylation sites is 1. The van der Waals surface area contributed by atoms with Gasteiger partial charge < -0.3 is 10.1 Å². The molecule has 0 aliphatic rings. The highest BCUT2D eigenvalue weighted by molar-refractivity contribution is 9.10. The van der Waals surface area contributed by atoms with E-state index in [4.69, 9.17) is 4.74 Å². The van der Waals surface area contributed by atoms with Gasteiger partial charge in [0.2, 0.25) is 0 Å². The number of hydrogen-bond donors (Lipinski definition) is 1. The van der Waals surface area contributed by atoms with E-state index in [1.54, 1.807) is 7.11 Å². The number of methoxy groups -OCH3 is 1. The van der Waals surface area contributed by atoms with Crippen molar-refractivity contribution < 1.29 is 4.74 Å². The van der Waals surface area contributed by atoms with E-state index in [0.29, 0.717) is 13.0 Å². The van der Waals surface area contributed by atoms with Crippen LogP contribution in [0.15, 0.2) is 28.7 Å². The van der Waals surface area contributed by atoms with Crippen molar-refractivity contribution in [2.24, 2.45) is 0 Å². The van der Waals surface area contributed by atoms with Gasteiger partial charge in [0.25, 0.3) is 0 Å². The summed E-state index contributed by atoms with van der Waals surface area (Å²) in [6.07, 6.45) is 0.640. The first kappa shape index (κ1) is 13.0. The van der Waals surface area contributed by atoms with Crippen molar-refractivity contribution in [2.45, 2.75) is 18.9 Å². The van der Waals surface area contributed by atoms with Gasteiger partial charge in [0.15, 0.2) is 0 Å². The zero-order valence-electron chi connectivity index (χ0n) is 9.46. The Balaban J connectivity index is 2.78. The minimum atomic E-state index is -0.611. The van der Waals surface area contributed by atoms with Gasteiger partial charge in [-0.3, -0.25) is 0 Å². The minimum Gasteiger partial charge on any atom is -0.385 e. The SMILES string of the molecule is COCCC(C)(C#N)Nc1ccccc1Br. The Bertz CT molecular complexity index is 389. The largest absolute Gasteiger partial charge is 0.385 e. The minimum absolute atomic E-state index is 0.557. The number of halogens is 1. The number of anilines is 1. The Kier molecular flexibility index (Phi) is 4.78. The van der Waals surface area contributed by atoms with Crippen molar-refractivity contribution in [1.82, 2.24) is 0 Å². The number of rotatable bonds is 5. The lowest BCUT2D eigenvalue weighted by atomic mass is 10.00. The average Bonchev–Trinajstić information content (AvgIpc) is 2.30. The number of ether oxygens (including phenoxy) is 1. The summed E-state index contributed by atoms with van der Waals surface area (Å²) in [6, 6.07) is 10.0. The zero-order valence-corrected chi connectivity index (χ0v) is 11.0. The highest BCUT2D eigenvalue weighted by Crippen LogP contribution is 2.25. The third-order valence-electron chi connectivity index (χ3n) is 2.34. The molecule has 0 amide bonds. The van der Waals surface area contributed by atoms with Crippen LogP contribution in [0.3, 0.4) is 0 Å². The van der Waals surface area contributed by atoms with E-state index in [2.05, 4.69) is 27.3 Å². The second-order valence-corrected chi connectivity index (χ2v) is 4.65. The van der Waals surface area contributed by atoms with Crippen molar-refractivity contribution in [3.8, 4) is 6.07 Å². The molecule has 3 nitrogen and oxygen atoms in total. The molecule has 0 bridgehead atoms. The van der Waals surface area contributed by atoms with Gasteiger partial charge in [0.1, 0.15) is 5.54 Å². The molecule has 4 heteroatoms. The zero-order chi connectivity index (χ0) is 12.0. The van der Waals surface area contributed by atoms with Crippen LogP contribution in [0.25, 0.3) is 0 Å². The van der Waals surface area contributed by atoms with Crippen molar-refractivity contribution >= 4 is 21.6 Å². The molecule has 16 heavy (non-hydrogen) atoms. The molecule has 0 saturated carbocycles. The highest BCUT2D eigenvalue weighted by atomic mass is 79.9. The third-order valence-corrected chi connectivity index (χ3v) is 3.03. The quantitative estimate of drug-likeness (QED) is 0.902. The van der Waals surface area contributed by atoms with Crippen LogP contribution in [0.1, 0.15) is 13.3 Å². The van der Waals surface area contributed by atoms with Crippen LogP contribution in [0, 0.1) is 11.3 Å². The molecule has 1 rings (SSSR count). The first-order chi connectivity index (χ1) is 7.61. The van der Waals surface area contributed by atoms with Crippen LogP contribution in [0.4, 0.5) is 5.69 Å². The van der Waals surface area contributed by atoms with Gasteiger partial charge in [-0.2, -0.15) is 5.26 Å². The summed E-state index contributed by atoms with van der Waals surface area (Å²) in [5.41, 5.74) is 0.308. The Hall–Kier alpha value is -1.05. The van der Waals surface area contributed by atoms with Gasteiger partial charge in [-0.1, -0.05) is 12.1 Å². The van der Waals surface area contributed by atoms with Crippen molar-refractivity contribution in [1.29, 1.82) is 5.26 Å². The summed E-state index contributed by atoms with van der Waals surface area (Å²) in [7, 11) is 1.64. The second-order valence-electron chi connectivity index (χ2n) is 3.79. The normalized spacial score (nSPS) is 13.9. The lowest BCUT2D eigenvalue weighted by Crippen LogP contribution is -2.34. The molecule has 0 aliphatic heterocycles. The Morgan fingerprint density at radius 3 is 2.75 bits per heavy atom. The van der Waals surface area contributed by atoms with Crippen molar-refractivity contribution in [2.75, 3.05) is 19.0 Å². The molecule has 1 atom stereocenters. The van der Waals surface area contributed by atoms with Crippen LogP contribution in [-0.4, -0.2) is 19.3 Å². The molecule has 0 aliphatic carbocycles. The topological polar surface area (TPSA) is 45.0 Å². The highest BCUT2D eigenvalue weighted by Gasteiger charge is 2.23. The van der Waals surface area contributed by atoms with Gasteiger partial charge in [-0.15, -0.1) is 0 Å². The molecule has 0 aromatic heterocycles. The van der Waals surface area contributed by atoms with E-state index >= 15 is 0 Å². The molecule has 1 aromatic carbocycles. The number of hydrogen-bond acceptors (Lipinski definition) is 3. The van der Waals surface area contributed by atoms with Crippen molar-refractivity contribution in [3.63, 3.8) is 0 Å². The average molecular weight is 283 g/mol. The van der Waals surface area contributed by atoms with E-state index < -0.39 is 5.54 Å².